The quantitative estimate of drug-likeness (QED) is 0.0797. The normalized spacial score (nSPS) is 18.7. The highest BCUT2D eigenvalue weighted by molar-refractivity contribution is 6.34. The molecule has 62 heavy (non-hydrogen) atoms. The number of piperazine rings is 1. The fourth-order valence-electron chi connectivity index (χ4n) is 9.27. The lowest BCUT2D eigenvalue weighted by Gasteiger charge is -2.35. The number of carbonyl (C=O) groups excluding carboxylic acids is 4. The zero-order valence-corrected chi connectivity index (χ0v) is 35.2. The number of nitrogens with one attached hydrogen (secondary N) is 1. The second kappa shape index (κ2) is 18.8. The van der Waals surface area contributed by atoms with Crippen LogP contribution in [0.3, 0.4) is 0 Å². The summed E-state index contributed by atoms with van der Waals surface area (Å²) in [5.41, 5.74) is 1.44. The van der Waals surface area contributed by atoms with Crippen LogP contribution in [0, 0.1) is 17.5 Å². The molecule has 0 saturated carbocycles. The van der Waals surface area contributed by atoms with Crippen molar-refractivity contribution in [3.05, 3.63) is 94.5 Å². The van der Waals surface area contributed by atoms with Crippen molar-refractivity contribution < 1.29 is 37.1 Å². The molecule has 4 aromatic rings. The lowest BCUT2D eigenvalue weighted by Crippen LogP contribution is -2.52. The second-order valence-electron chi connectivity index (χ2n) is 16.4. The summed E-state index contributed by atoms with van der Waals surface area (Å²) in [6, 6.07) is 8.32. The Balaban J connectivity index is 0.790. The van der Waals surface area contributed by atoms with Gasteiger partial charge < -0.3 is 24.3 Å². The number of amides is 4. The van der Waals surface area contributed by atoms with Gasteiger partial charge in [-0.3, -0.25) is 24.5 Å². The average Bonchev–Trinajstić information content (AvgIpc) is 3.58. The van der Waals surface area contributed by atoms with Gasteiger partial charge in [-0.05, 0) is 99.1 Å². The molecular formula is C46H49ClF3N7O5. The predicted molar refractivity (Wildman–Crippen MR) is 228 cm³/mol. The Morgan fingerprint density at radius 3 is 2.42 bits per heavy atom. The molecule has 1 atom stereocenters. The number of benzene rings is 3. The highest BCUT2D eigenvalue weighted by atomic mass is 35.5. The molecule has 3 saturated heterocycles. The van der Waals surface area contributed by atoms with Crippen molar-refractivity contribution in [1.29, 1.82) is 0 Å². The molecule has 4 amide bonds. The summed E-state index contributed by atoms with van der Waals surface area (Å²) in [4.78, 5) is 65.3. The van der Waals surface area contributed by atoms with Gasteiger partial charge in [-0.1, -0.05) is 49.6 Å². The fourth-order valence-corrected chi connectivity index (χ4v) is 9.56. The SMILES string of the molecule is C=CC(=O)N1CCN(c2ncnc3c(F)c(-c4c(F)cccc4OCCCCCCCN4CCC(c5cc6c(cc5F)C(=O)N(C5CCC(=O)NC5=O)C6)CC4)c(Cl)cc23)CC1. The van der Waals surface area contributed by atoms with Gasteiger partial charge in [-0.15, -0.1) is 0 Å². The van der Waals surface area contributed by atoms with Gasteiger partial charge in [0.15, 0.2) is 5.82 Å². The van der Waals surface area contributed by atoms with Crippen molar-refractivity contribution in [3.8, 4) is 16.9 Å². The number of unbranched alkanes of at least 4 members (excludes halogenated alkanes) is 4. The molecule has 0 radical (unpaired) electrons. The molecule has 3 aromatic carbocycles. The van der Waals surface area contributed by atoms with E-state index in [-0.39, 0.29) is 76.0 Å². The monoisotopic (exact) mass is 871 g/mol. The van der Waals surface area contributed by atoms with Crippen LogP contribution in [0.4, 0.5) is 19.0 Å². The number of fused-ring (bicyclic) bond motifs is 2. The maximum Gasteiger partial charge on any atom is 0.255 e. The number of halogens is 4. The third-order valence-electron chi connectivity index (χ3n) is 12.6. The van der Waals surface area contributed by atoms with Crippen LogP contribution in [0.1, 0.15) is 85.2 Å². The molecule has 12 nitrogen and oxygen atoms in total. The first-order chi connectivity index (χ1) is 30.0. The highest BCUT2D eigenvalue weighted by Gasteiger charge is 2.40. The largest absolute Gasteiger partial charge is 0.493 e. The van der Waals surface area contributed by atoms with Gasteiger partial charge in [-0.25, -0.2) is 23.1 Å². The smallest absolute Gasteiger partial charge is 0.255 e. The van der Waals surface area contributed by atoms with E-state index in [2.05, 4.69) is 26.8 Å². The number of hydrogen-bond donors (Lipinski definition) is 1. The Bertz CT molecular complexity index is 2400. The first-order valence-corrected chi connectivity index (χ1v) is 21.8. The number of likely N-dealkylation sites (tertiary alicyclic amines) is 1. The van der Waals surface area contributed by atoms with Crippen LogP contribution in [0.2, 0.25) is 5.02 Å². The number of aromatic nitrogens is 2. The zero-order chi connectivity index (χ0) is 43.5. The first kappa shape index (κ1) is 43.1. The fraction of sp³-hybridized carbons (Fsp3) is 0.435. The van der Waals surface area contributed by atoms with E-state index in [1.54, 1.807) is 23.1 Å². The third-order valence-corrected chi connectivity index (χ3v) is 12.9. The molecule has 0 aliphatic carbocycles. The number of nitrogens with zero attached hydrogens (tertiary/aromatic N) is 6. The van der Waals surface area contributed by atoms with Crippen LogP contribution in [0.5, 0.6) is 5.75 Å². The van der Waals surface area contributed by atoms with E-state index >= 15 is 13.2 Å². The van der Waals surface area contributed by atoms with Gasteiger partial charge in [0.1, 0.15) is 41.1 Å². The predicted octanol–water partition coefficient (Wildman–Crippen LogP) is 7.17. The maximum atomic E-state index is 16.4. The van der Waals surface area contributed by atoms with E-state index in [1.165, 1.54) is 35.5 Å². The second-order valence-corrected chi connectivity index (χ2v) is 16.8. The van der Waals surface area contributed by atoms with E-state index in [0.717, 1.165) is 70.1 Å². The van der Waals surface area contributed by atoms with Crippen LogP contribution < -0.4 is 15.0 Å². The van der Waals surface area contributed by atoms with Crippen LogP contribution in [-0.2, 0) is 20.9 Å². The minimum absolute atomic E-state index is 0.00105. The van der Waals surface area contributed by atoms with Crippen molar-refractivity contribution in [3.63, 3.8) is 0 Å². The Morgan fingerprint density at radius 1 is 0.903 bits per heavy atom. The lowest BCUT2D eigenvalue weighted by atomic mass is 9.87. The summed E-state index contributed by atoms with van der Waals surface area (Å²) in [6.45, 7) is 8.58. The lowest BCUT2D eigenvalue weighted by molar-refractivity contribution is -0.137. The van der Waals surface area contributed by atoms with Gasteiger partial charge in [0, 0.05) is 55.7 Å². The van der Waals surface area contributed by atoms with E-state index in [4.69, 9.17) is 16.3 Å². The number of carbonyl (C=O) groups is 4. The molecule has 5 heterocycles. The zero-order valence-electron chi connectivity index (χ0n) is 34.4. The van der Waals surface area contributed by atoms with E-state index < -0.39 is 29.4 Å². The van der Waals surface area contributed by atoms with Crippen molar-refractivity contribution in [2.24, 2.45) is 0 Å². The maximum absolute atomic E-state index is 16.4. The summed E-state index contributed by atoms with van der Waals surface area (Å²) in [7, 11) is 0. The van der Waals surface area contributed by atoms with E-state index in [1.807, 2.05) is 4.90 Å². The van der Waals surface area contributed by atoms with Crippen molar-refractivity contribution >= 4 is 52.0 Å². The number of anilines is 1. The van der Waals surface area contributed by atoms with E-state index in [0.29, 0.717) is 49.6 Å². The van der Waals surface area contributed by atoms with Gasteiger partial charge in [0.2, 0.25) is 17.7 Å². The van der Waals surface area contributed by atoms with Crippen LogP contribution in [-0.4, -0.2) is 107 Å². The Labute approximate surface area is 363 Å². The molecule has 4 aliphatic heterocycles. The molecule has 16 heteroatoms. The molecule has 326 valence electrons. The van der Waals surface area contributed by atoms with Gasteiger partial charge in [-0.2, -0.15) is 0 Å². The molecule has 0 spiro atoms. The van der Waals surface area contributed by atoms with Crippen LogP contribution in [0.25, 0.3) is 22.0 Å². The van der Waals surface area contributed by atoms with Crippen LogP contribution >= 0.6 is 11.6 Å². The van der Waals surface area contributed by atoms with E-state index in [9.17, 15) is 19.2 Å². The molecular weight excluding hydrogens is 823 g/mol. The Kier molecular flexibility index (Phi) is 13.1. The Hall–Kier alpha value is -5.54. The number of hydrogen-bond acceptors (Lipinski definition) is 9. The van der Waals surface area contributed by atoms with Gasteiger partial charge in [0.25, 0.3) is 5.91 Å². The van der Waals surface area contributed by atoms with Crippen LogP contribution in [0.15, 0.2) is 55.4 Å². The third kappa shape index (κ3) is 8.87. The Morgan fingerprint density at radius 2 is 1.66 bits per heavy atom. The van der Waals surface area contributed by atoms with Crippen molar-refractivity contribution in [2.75, 3.05) is 57.3 Å². The summed E-state index contributed by atoms with van der Waals surface area (Å²) in [5, 5.41) is 2.69. The van der Waals surface area contributed by atoms with Crippen molar-refractivity contribution in [1.82, 2.24) is 30.0 Å². The minimum Gasteiger partial charge on any atom is -0.493 e. The first-order valence-electron chi connectivity index (χ1n) is 21.4. The molecule has 4 aliphatic rings. The topological polar surface area (TPSA) is 128 Å². The average molecular weight is 872 g/mol. The summed E-state index contributed by atoms with van der Waals surface area (Å²) in [5.74, 6) is -2.48. The summed E-state index contributed by atoms with van der Waals surface area (Å²) < 4.78 is 53.3. The number of rotatable bonds is 14. The molecule has 1 unspecified atom stereocenters. The molecule has 0 bridgehead atoms. The molecule has 8 rings (SSSR count). The van der Waals surface area contributed by atoms with Gasteiger partial charge in [0.05, 0.1) is 17.2 Å². The standard InChI is InChI=1S/C46H49ClF3N7O5/c1-2-39(59)55-18-20-56(21-19-55)44-32-24-33(47)40(42(50)43(32)51-27-52-44)41-34(48)9-8-10-37(41)62-22-7-5-3-4-6-15-54-16-13-28(14-17-54)30-23-29-26-57(46(61)31(29)25-35(30)49)36-11-12-38(58)53-45(36)60/h2,8-10,23-25,27-28,36H,1,3-7,11-22,26H2,(H,53,58,60). The van der Waals surface area contributed by atoms with Crippen molar-refractivity contribution in [2.45, 2.75) is 76.3 Å². The summed E-state index contributed by atoms with van der Waals surface area (Å²) >= 11 is 6.72. The molecule has 1 aromatic heterocycles. The number of ether oxygens (including phenoxy) is 1. The number of piperidine rings is 2. The highest BCUT2D eigenvalue weighted by Crippen LogP contribution is 2.43. The minimum atomic E-state index is -0.774. The molecule has 1 N–H and O–H groups in total. The summed E-state index contributed by atoms with van der Waals surface area (Å²) in [6.07, 6.45) is 9.23. The van der Waals surface area contributed by atoms with Gasteiger partial charge >= 0.3 is 0 Å². The molecule has 3 fully saturated rings. The number of imide groups is 1.